The van der Waals surface area contributed by atoms with Gasteiger partial charge in [-0.3, -0.25) is 19.3 Å². The lowest BCUT2D eigenvalue weighted by Gasteiger charge is -2.38. The molecule has 9 nitrogen and oxygen atoms in total. The number of carbonyl (C=O) groups is 3. The zero-order valence-corrected chi connectivity index (χ0v) is 24.3. The van der Waals surface area contributed by atoms with E-state index in [0.29, 0.717) is 35.7 Å². The van der Waals surface area contributed by atoms with Crippen molar-refractivity contribution in [3.63, 3.8) is 0 Å². The van der Waals surface area contributed by atoms with Gasteiger partial charge in [0, 0.05) is 23.6 Å². The maximum Gasteiger partial charge on any atom is 0.416 e. The van der Waals surface area contributed by atoms with Crippen LogP contribution in [0.25, 0.3) is 5.69 Å². The number of para-hydroxylation sites is 1. The Bertz CT molecular complexity index is 1880. The molecule has 2 aliphatic rings. The van der Waals surface area contributed by atoms with Gasteiger partial charge in [-0.1, -0.05) is 36.4 Å². The molecule has 13 heteroatoms. The summed E-state index contributed by atoms with van der Waals surface area (Å²) < 4.78 is 55.9. The largest absolute Gasteiger partial charge is 0.416 e. The van der Waals surface area contributed by atoms with Gasteiger partial charge in [-0.15, -0.1) is 5.10 Å². The predicted molar refractivity (Wildman–Crippen MR) is 158 cm³/mol. The zero-order chi connectivity index (χ0) is 32.8. The van der Waals surface area contributed by atoms with Crippen molar-refractivity contribution >= 4 is 29.4 Å². The van der Waals surface area contributed by atoms with Crippen LogP contribution in [0.4, 0.5) is 29.2 Å². The van der Waals surface area contributed by atoms with Crippen LogP contribution in [0.3, 0.4) is 0 Å². The van der Waals surface area contributed by atoms with Gasteiger partial charge < -0.3 is 10.6 Å². The van der Waals surface area contributed by atoms with E-state index in [1.165, 1.54) is 39.9 Å². The summed E-state index contributed by atoms with van der Waals surface area (Å²) >= 11 is 0. The number of halogens is 4. The first kappa shape index (κ1) is 30.5. The van der Waals surface area contributed by atoms with Crippen molar-refractivity contribution in [3.8, 4) is 11.8 Å². The molecule has 1 aromatic heterocycles. The molecule has 1 fully saturated rings. The Morgan fingerprint density at radius 2 is 1.74 bits per heavy atom. The van der Waals surface area contributed by atoms with Crippen molar-refractivity contribution in [1.29, 1.82) is 5.26 Å². The molecular weight excluding hydrogens is 604 g/mol. The summed E-state index contributed by atoms with van der Waals surface area (Å²) in [5.74, 6) is -3.49. The number of fused-ring (bicyclic) bond motifs is 1. The van der Waals surface area contributed by atoms with Crippen molar-refractivity contribution in [2.45, 2.75) is 37.9 Å². The van der Waals surface area contributed by atoms with Crippen LogP contribution in [0.1, 0.15) is 52.7 Å². The third kappa shape index (κ3) is 5.36. The number of amides is 3. The van der Waals surface area contributed by atoms with Crippen LogP contribution in [0, 0.1) is 22.6 Å². The van der Waals surface area contributed by atoms with Crippen molar-refractivity contribution < 1.29 is 31.9 Å². The number of likely N-dealkylation sites (N-methyl/N-ethyl adjacent to an activating group) is 1. The van der Waals surface area contributed by atoms with Gasteiger partial charge in [-0.2, -0.15) is 18.4 Å². The molecule has 2 heterocycles. The molecule has 234 valence electrons. The molecule has 0 spiro atoms. The molecule has 3 amide bonds. The molecule has 2 unspecified atom stereocenters. The maximum absolute atomic E-state index is 14.3. The second-order valence-corrected chi connectivity index (χ2v) is 11.1. The number of carbonyl (C=O) groups excluding carboxylic acids is 3. The third-order valence-corrected chi connectivity index (χ3v) is 8.24. The minimum Gasteiger partial charge on any atom is -0.339 e. The normalized spacial score (nSPS) is 18.3. The Kier molecular flexibility index (Phi) is 7.59. The Morgan fingerprint density at radius 3 is 2.35 bits per heavy atom. The molecule has 2 N–H and O–H groups in total. The van der Waals surface area contributed by atoms with E-state index in [1.807, 2.05) is 6.07 Å². The van der Waals surface area contributed by atoms with Gasteiger partial charge in [0.2, 0.25) is 5.91 Å². The molecule has 6 rings (SSSR count). The van der Waals surface area contributed by atoms with Crippen LogP contribution in [0.5, 0.6) is 0 Å². The second-order valence-electron chi connectivity index (χ2n) is 11.1. The van der Waals surface area contributed by atoms with Crippen LogP contribution in [-0.2, 0) is 15.8 Å². The lowest BCUT2D eigenvalue weighted by molar-refractivity contribution is -0.137. The molecule has 0 saturated heterocycles. The average Bonchev–Trinajstić information content (AvgIpc) is 3.78. The quantitative estimate of drug-likeness (QED) is 0.259. The van der Waals surface area contributed by atoms with Crippen LogP contribution in [0.2, 0.25) is 0 Å². The van der Waals surface area contributed by atoms with E-state index in [0.717, 1.165) is 12.1 Å². The van der Waals surface area contributed by atoms with E-state index < -0.39 is 52.7 Å². The first-order valence-corrected chi connectivity index (χ1v) is 14.4. The Hall–Kier alpha value is -5.51. The molecule has 1 saturated carbocycles. The monoisotopic (exact) mass is 630 g/mol. The van der Waals surface area contributed by atoms with Gasteiger partial charge in [0.15, 0.2) is 5.82 Å². The summed E-state index contributed by atoms with van der Waals surface area (Å²) in [4.78, 5) is 42.5. The van der Waals surface area contributed by atoms with E-state index in [-0.39, 0.29) is 23.7 Å². The van der Waals surface area contributed by atoms with Crippen molar-refractivity contribution in [2.24, 2.45) is 5.41 Å². The van der Waals surface area contributed by atoms with Gasteiger partial charge in [0.25, 0.3) is 11.8 Å². The molecule has 0 bridgehead atoms. The molecule has 2 atom stereocenters. The molecular formula is C33H26F4N6O3. The third-order valence-electron chi connectivity index (χ3n) is 8.24. The lowest BCUT2D eigenvalue weighted by atomic mass is 9.81. The summed E-state index contributed by atoms with van der Waals surface area (Å²) in [5.41, 5.74) is -1.40. The second kappa shape index (κ2) is 11.4. The smallest absolute Gasteiger partial charge is 0.339 e. The van der Waals surface area contributed by atoms with Crippen molar-refractivity contribution in [2.75, 3.05) is 16.8 Å². The van der Waals surface area contributed by atoms with Gasteiger partial charge in [-0.25, -0.2) is 9.07 Å². The first-order chi connectivity index (χ1) is 22.0. The first-order valence-electron chi connectivity index (χ1n) is 14.4. The van der Waals surface area contributed by atoms with Gasteiger partial charge in [0.1, 0.15) is 23.1 Å². The van der Waals surface area contributed by atoms with Crippen LogP contribution >= 0.6 is 0 Å². The number of nitrogens with zero attached hydrogens (tertiary/aromatic N) is 4. The number of hydrogen-bond acceptors (Lipinski definition) is 5. The predicted octanol–water partition coefficient (Wildman–Crippen LogP) is 5.57. The molecule has 1 aliphatic carbocycles. The summed E-state index contributed by atoms with van der Waals surface area (Å²) in [6, 6.07) is 18.4. The minimum absolute atomic E-state index is 0.0176. The number of aromatic nitrogens is 2. The van der Waals surface area contributed by atoms with Gasteiger partial charge in [-0.05, 0) is 67.8 Å². The minimum atomic E-state index is -4.71. The van der Waals surface area contributed by atoms with E-state index in [2.05, 4.69) is 15.7 Å². The van der Waals surface area contributed by atoms with Crippen molar-refractivity contribution in [1.82, 2.24) is 15.1 Å². The highest BCUT2D eigenvalue weighted by atomic mass is 19.4. The van der Waals surface area contributed by atoms with Gasteiger partial charge >= 0.3 is 6.18 Å². The van der Waals surface area contributed by atoms with E-state index >= 15 is 0 Å². The van der Waals surface area contributed by atoms with Crippen molar-refractivity contribution in [3.05, 3.63) is 107 Å². The molecule has 3 aromatic carbocycles. The van der Waals surface area contributed by atoms with E-state index in [4.69, 9.17) is 0 Å². The number of rotatable bonds is 7. The maximum atomic E-state index is 14.3. The summed E-state index contributed by atoms with van der Waals surface area (Å²) in [7, 11) is 0. The Morgan fingerprint density at radius 1 is 1.04 bits per heavy atom. The Balaban J connectivity index is 1.54. The summed E-state index contributed by atoms with van der Waals surface area (Å²) in [5, 5.41) is 19.8. The topological polar surface area (TPSA) is 120 Å². The summed E-state index contributed by atoms with van der Waals surface area (Å²) in [6.45, 7) is 1.78. The van der Waals surface area contributed by atoms with Crippen LogP contribution < -0.4 is 15.5 Å². The number of nitriles is 1. The van der Waals surface area contributed by atoms with Crippen LogP contribution in [-0.4, -0.2) is 40.1 Å². The Labute approximate surface area is 260 Å². The molecule has 1 aliphatic heterocycles. The number of nitrogens with one attached hydrogen (secondary N) is 2. The highest BCUT2D eigenvalue weighted by Crippen LogP contribution is 2.49. The number of hydrogen-bond donors (Lipinski definition) is 2. The summed E-state index contributed by atoms with van der Waals surface area (Å²) in [6.07, 6.45) is -4.00. The fourth-order valence-electron chi connectivity index (χ4n) is 5.67. The van der Waals surface area contributed by atoms with E-state index in [9.17, 15) is 37.2 Å². The van der Waals surface area contributed by atoms with E-state index in [1.54, 1.807) is 37.3 Å². The molecule has 4 aromatic rings. The number of alkyl halides is 3. The molecule has 46 heavy (non-hydrogen) atoms. The lowest BCUT2D eigenvalue weighted by Crippen LogP contribution is -2.55. The highest BCUT2D eigenvalue weighted by Gasteiger charge is 2.52. The average molecular weight is 631 g/mol. The zero-order valence-electron chi connectivity index (χ0n) is 24.3. The number of benzene rings is 3. The number of anilines is 2. The standard InChI is InChI=1S/C33H26F4N6O3/c1-2-42-29-25(27(40-31(46)32(18-38)15-16-32)41-43(29)23-9-4-3-5-10-23)24(19-11-13-22(34)14-12-19)26(30(42)45)39-28(44)20-7-6-8-21(17-20)33(35,36)37/h3-14,17,24,26H,2,15-16H2,1H3,(H,39,44)(H,40,41,46). The fraction of sp³-hybridized carbons (Fsp3) is 0.242. The SMILES string of the molecule is CCN1C(=O)C(NC(=O)c2cccc(C(F)(F)F)c2)C(c2ccc(F)cc2)c2c(NC(=O)C3(C#N)CC3)nn(-c3ccccc3)c21. The molecule has 0 radical (unpaired) electrons. The fourth-order valence-corrected chi connectivity index (χ4v) is 5.67. The van der Waals surface area contributed by atoms with Crippen LogP contribution in [0.15, 0.2) is 78.9 Å². The highest BCUT2D eigenvalue weighted by molar-refractivity contribution is 6.07. The van der Waals surface area contributed by atoms with Gasteiger partial charge in [0.05, 0.1) is 17.3 Å².